The minimum absolute atomic E-state index is 0.764. The molecule has 0 amide bonds. The fourth-order valence-corrected chi connectivity index (χ4v) is 2.68. The molecule has 1 fully saturated rings. The highest BCUT2D eigenvalue weighted by molar-refractivity contribution is 5.07. The van der Waals surface area contributed by atoms with Gasteiger partial charge in [-0.3, -0.25) is 0 Å². The summed E-state index contributed by atoms with van der Waals surface area (Å²) in [6, 6.07) is 0.764. The van der Waals surface area contributed by atoms with Crippen LogP contribution in [-0.2, 0) is 0 Å². The highest BCUT2D eigenvalue weighted by Gasteiger charge is 2.29. The van der Waals surface area contributed by atoms with Crippen LogP contribution < -0.4 is 5.32 Å². The molecule has 0 saturated heterocycles. The summed E-state index contributed by atoms with van der Waals surface area (Å²) in [5, 5.41) is 3.75. The topological polar surface area (TPSA) is 12.0 Å². The molecule has 0 aliphatic heterocycles. The van der Waals surface area contributed by atoms with Gasteiger partial charge in [0, 0.05) is 6.04 Å². The van der Waals surface area contributed by atoms with Crippen molar-refractivity contribution in [3.05, 3.63) is 24.3 Å². The molecule has 0 bridgehead atoms. The normalized spacial score (nSPS) is 21.9. The maximum absolute atomic E-state index is 3.82. The maximum Gasteiger partial charge on any atom is 0.00984 e. The number of allylic oxidation sites excluding steroid dienone is 2. The molecule has 2 rings (SSSR count). The van der Waals surface area contributed by atoms with E-state index in [0.717, 1.165) is 18.4 Å². The van der Waals surface area contributed by atoms with Gasteiger partial charge in [-0.1, -0.05) is 17.7 Å². The van der Waals surface area contributed by atoms with E-state index in [1.807, 2.05) is 0 Å². The number of hydrogen-bond donors (Lipinski definition) is 1. The lowest BCUT2D eigenvalue weighted by molar-refractivity contribution is 0.440. The summed E-state index contributed by atoms with van der Waals surface area (Å²) in [5.74, 6) is 0.970. The number of hydrogen-bond acceptors (Lipinski definition) is 1. The van der Waals surface area contributed by atoms with Crippen molar-refractivity contribution in [2.75, 3.05) is 6.54 Å². The Balaban J connectivity index is 1.63. The molecule has 1 saturated carbocycles. The van der Waals surface area contributed by atoms with Gasteiger partial charge < -0.3 is 5.32 Å². The average Bonchev–Trinajstić information content (AvgIpc) is 3.01. The Morgan fingerprint density at radius 1 is 1.50 bits per heavy atom. The second-order valence-electron chi connectivity index (χ2n) is 5.27. The van der Waals surface area contributed by atoms with Crippen LogP contribution in [0.1, 0.15) is 51.4 Å². The Hall–Kier alpha value is -0.560. The second-order valence-corrected chi connectivity index (χ2v) is 5.27. The Labute approximate surface area is 100 Å². The summed E-state index contributed by atoms with van der Waals surface area (Å²) in [6.07, 6.45) is 15.2. The maximum atomic E-state index is 3.82. The standard InChI is InChI=1S/C15H25N/c1-2-3-8-15(14-9-10-14)16-12-11-13-6-4-5-7-13/h2,6,14-16H,1,3-5,7-12H2. The number of nitrogens with one attached hydrogen (secondary N) is 1. The third-order valence-electron chi connectivity index (χ3n) is 3.86. The van der Waals surface area contributed by atoms with E-state index in [0.29, 0.717) is 0 Å². The van der Waals surface area contributed by atoms with Crippen molar-refractivity contribution < 1.29 is 0 Å². The number of rotatable bonds is 8. The summed E-state index contributed by atoms with van der Waals surface area (Å²) >= 11 is 0. The first kappa shape index (κ1) is 11.9. The Morgan fingerprint density at radius 3 is 3.00 bits per heavy atom. The van der Waals surface area contributed by atoms with Crippen LogP contribution in [0.25, 0.3) is 0 Å². The SMILES string of the molecule is C=CCCC(NCCC1=CCCC1)C1CC1. The molecule has 1 N–H and O–H groups in total. The van der Waals surface area contributed by atoms with Crippen molar-refractivity contribution in [3.63, 3.8) is 0 Å². The van der Waals surface area contributed by atoms with Crippen LogP contribution in [0.5, 0.6) is 0 Å². The Morgan fingerprint density at radius 2 is 2.38 bits per heavy atom. The summed E-state index contributed by atoms with van der Waals surface area (Å²) < 4.78 is 0. The van der Waals surface area contributed by atoms with E-state index < -0.39 is 0 Å². The van der Waals surface area contributed by atoms with Crippen LogP contribution in [0, 0.1) is 5.92 Å². The summed E-state index contributed by atoms with van der Waals surface area (Å²) in [6.45, 7) is 5.00. The van der Waals surface area contributed by atoms with Crippen molar-refractivity contribution in [3.8, 4) is 0 Å². The van der Waals surface area contributed by atoms with Crippen molar-refractivity contribution in [2.45, 2.75) is 57.4 Å². The van der Waals surface area contributed by atoms with Gasteiger partial charge in [0.25, 0.3) is 0 Å². The van der Waals surface area contributed by atoms with Crippen molar-refractivity contribution >= 4 is 0 Å². The molecule has 1 nitrogen and oxygen atoms in total. The van der Waals surface area contributed by atoms with Crippen LogP contribution in [0.15, 0.2) is 24.3 Å². The molecule has 0 aromatic rings. The lowest BCUT2D eigenvalue weighted by atomic mass is 10.1. The zero-order valence-corrected chi connectivity index (χ0v) is 10.4. The van der Waals surface area contributed by atoms with E-state index >= 15 is 0 Å². The molecule has 0 aromatic carbocycles. The molecule has 1 heteroatoms. The van der Waals surface area contributed by atoms with E-state index in [1.165, 1.54) is 51.5 Å². The zero-order chi connectivity index (χ0) is 11.2. The molecule has 2 aliphatic carbocycles. The van der Waals surface area contributed by atoms with Gasteiger partial charge in [0.15, 0.2) is 0 Å². The molecule has 0 aromatic heterocycles. The molecular formula is C15H25N. The highest BCUT2D eigenvalue weighted by atomic mass is 14.9. The van der Waals surface area contributed by atoms with Crippen LogP contribution in [-0.4, -0.2) is 12.6 Å². The van der Waals surface area contributed by atoms with Gasteiger partial charge in [0.2, 0.25) is 0 Å². The smallest absolute Gasteiger partial charge is 0.00984 e. The molecule has 0 heterocycles. The third-order valence-corrected chi connectivity index (χ3v) is 3.86. The zero-order valence-electron chi connectivity index (χ0n) is 10.4. The molecule has 16 heavy (non-hydrogen) atoms. The largest absolute Gasteiger partial charge is 0.313 e. The van der Waals surface area contributed by atoms with E-state index in [9.17, 15) is 0 Å². The Kier molecular flexibility index (Phi) is 4.65. The van der Waals surface area contributed by atoms with Gasteiger partial charge in [-0.15, -0.1) is 6.58 Å². The van der Waals surface area contributed by atoms with Gasteiger partial charge in [0.1, 0.15) is 0 Å². The first-order chi connectivity index (χ1) is 7.90. The van der Waals surface area contributed by atoms with Crippen LogP contribution in [0.2, 0.25) is 0 Å². The van der Waals surface area contributed by atoms with E-state index in [-0.39, 0.29) is 0 Å². The minimum atomic E-state index is 0.764. The van der Waals surface area contributed by atoms with Crippen molar-refractivity contribution in [1.82, 2.24) is 5.32 Å². The monoisotopic (exact) mass is 219 g/mol. The van der Waals surface area contributed by atoms with E-state index in [1.54, 1.807) is 5.57 Å². The molecule has 90 valence electrons. The van der Waals surface area contributed by atoms with Gasteiger partial charge in [-0.2, -0.15) is 0 Å². The second kappa shape index (κ2) is 6.24. The van der Waals surface area contributed by atoms with Crippen LogP contribution in [0.3, 0.4) is 0 Å². The minimum Gasteiger partial charge on any atom is -0.313 e. The van der Waals surface area contributed by atoms with Crippen molar-refractivity contribution in [2.24, 2.45) is 5.92 Å². The van der Waals surface area contributed by atoms with Gasteiger partial charge in [-0.25, -0.2) is 0 Å². The van der Waals surface area contributed by atoms with Gasteiger partial charge in [0.05, 0.1) is 0 Å². The molecule has 2 aliphatic rings. The summed E-state index contributed by atoms with van der Waals surface area (Å²) in [7, 11) is 0. The predicted molar refractivity (Wildman–Crippen MR) is 70.5 cm³/mol. The molecule has 1 atom stereocenters. The first-order valence-electron chi connectivity index (χ1n) is 6.92. The quantitative estimate of drug-likeness (QED) is 0.612. The molecule has 0 spiro atoms. The Bertz CT molecular complexity index is 250. The van der Waals surface area contributed by atoms with Crippen LogP contribution >= 0.6 is 0 Å². The van der Waals surface area contributed by atoms with E-state index in [4.69, 9.17) is 0 Å². The molecular weight excluding hydrogens is 194 g/mol. The average molecular weight is 219 g/mol. The fraction of sp³-hybridized carbons (Fsp3) is 0.733. The van der Waals surface area contributed by atoms with Crippen molar-refractivity contribution in [1.29, 1.82) is 0 Å². The summed E-state index contributed by atoms with van der Waals surface area (Å²) in [4.78, 5) is 0. The lowest BCUT2D eigenvalue weighted by Crippen LogP contribution is -2.31. The van der Waals surface area contributed by atoms with E-state index in [2.05, 4.69) is 24.0 Å². The summed E-state index contributed by atoms with van der Waals surface area (Å²) in [5.41, 5.74) is 1.69. The van der Waals surface area contributed by atoms with Crippen LogP contribution in [0.4, 0.5) is 0 Å². The fourth-order valence-electron chi connectivity index (χ4n) is 2.68. The third kappa shape index (κ3) is 3.79. The lowest BCUT2D eigenvalue weighted by Gasteiger charge is -2.17. The van der Waals surface area contributed by atoms with Gasteiger partial charge in [-0.05, 0) is 63.8 Å². The molecule has 0 radical (unpaired) electrons. The highest BCUT2D eigenvalue weighted by Crippen LogP contribution is 2.34. The van der Waals surface area contributed by atoms with Gasteiger partial charge >= 0.3 is 0 Å². The molecule has 1 unspecified atom stereocenters. The first-order valence-corrected chi connectivity index (χ1v) is 6.92. The predicted octanol–water partition coefficient (Wildman–Crippen LogP) is 3.82.